The molecule has 36 heavy (non-hydrogen) atoms. The highest BCUT2D eigenvalue weighted by Gasteiger charge is 2.09. The van der Waals surface area contributed by atoms with Gasteiger partial charge in [-0.25, -0.2) is 4.79 Å². The average Bonchev–Trinajstić information content (AvgIpc) is 2.89. The number of benzene rings is 2. The van der Waals surface area contributed by atoms with Gasteiger partial charge in [0.25, 0.3) is 0 Å². The zero-order chi connectivity index (χ0) is 25.1. The van der Waals surface area contributed by atoms with Gasteiger partial charge in [-0.1, -0.05) is 26.7 Å². The van der Waals surface area contributed by atoms with Crippen molar-refractivity contribution in [3.8, 4) is 11.5 Å². The summed E-state index contributed by atoms with van der Waals surface area (Å²) in [5.41, 5.74) is 6.70. The third kappa shape index (κ3) is 13.6. The van der Waals surface area contributed by atoms with Crippen LogP contribution in [-0.4, -0.2) is 63.5 Å². The monoisotopic (exact) mass is 522 g/mol. The number of esters is 1. The average molecular weight is 523 g/mol. The third-order valence-corrected chi connectivity index (χ3v) is 5.46. The van der Waals surface area contributed by atoms with Crippen molar-refractivity contribution < 1.29 is 23.7 Å². The van der Waals surface area contributed by atoms with Gasteiger partial charge in [0, 0.05) is 25.3 Å². The smallest absolute Gasteiger partial charge is 0.338 e. The van der Waals surface area contributed by atoms with Crippen LogP contribution in [0.1, 0.15) is 56.3 Å². The van der Waals surface area contributed by atoms with Gasteiger partial charge in [0.15, 0.2) is 0 Å². The molecule has 1 aliphatic heterocycles. The van der Waals surface area contributed by atoms with Gasteiger partial charge in [-0.15, -0.1) is 12.4 Å². The van der Waals surface area contributed by atoms with Crippen molar-refractivity contribution in [3.63, 3.8) is 0 Å². The van der Waals surface area contributed by atoms with Crippen molar-refractivity contribution in [3.05, 3.63) is 54.1 Å². The molecule has 0 atom stereocenters. The summed E-state index contributed by atoms with van der Waals surface area (Å²) in [7, 11) is 0. The zero-order valence-electron chi connectivity index (χ0n) is 21.8. The van der Waals surface area contributed by atoms with Crippen LogP contribution >= 0.6 is 12.4 Å². The molecule has 3 rings (SSSR count). The summed E-state index contributed by atoms with van der Waals surface area (Å²) >= 11 is 0. The molecule has 8 heteroatoms. The van der Waals surface area contributed by atoms with E-state index >= 15 is 0 Å². The normalized spacial score (nSPS) is 13.1. The highest BCUT2D eigenvalue weighted by molar-refractivity contribution is 5.89. The minimum atomic E-state index is -0.279. The van der Waals surface area contributed by atoms with Crippen LogP contribution in [0.4, 0.5) is 5.69 Å². The first kappa shape index (κ1) is 31.5. The summed E-state index contributed by atoms with van der Waals surface area (Å²) in [6, 6.07) is 14.6. The van der Waals surface area contributed by atoms with E-state index in [1.165, 1.54) is 0 Å². The van der Waals surface area contributed by atoms with E-state index in [4.69, 9.17) is 24.7 Å². The summed E-state index contributed by atoms with van der Waals surface area (Å²) < 4.78 is 21.8. The first-order valence-electron chi connectivity index (χ1n) is 12.8. The maximum atomic E-state index is 11.4. The number of hydrogen-bond acceptors (Lipinski definition) is 7. The van der Waals surface area contributed by atoms with Crippen LogP contribution in [0.2, 0.25) is 0 Å². The number of carbonyl (C=O) groups is 1. The molecule has 0 unspecified atom stereocenters. The zero-order valence-corrected chi connectivity index (χ0v) is 22.6. The van der Waals surface area contributed by atoms with Gasteiger partial charge in [0.05, 0.1) is 38.6 Å². The Morgan fingerprint density at radius 2 is 1.36 bits per heavy atom. The van der Waals surface area contributed by atoms with Crippen LogP contribution < -0.4 is 15.2 Å². The first-order valence-corrected chi connectivity index (χ1v) is 12.8. The molecular weight excluding hydrogens is 480 g/mol. The fourth-order valence-electron chi connectivity index (χ4n) is 3.28. The number of unbranched alkanes of at least 4 members (excludes halogenated alkanes) is 2. The molecular formula is C28H43ClN2O5. The van der Waals surface area contributed by atoms with Crippen LogP contribution in [-0.2, 0) is 9.47 Å². The van der Waals surface area contributed by atoms with Crippen molar-refractivity contribution in [1.82, 2.24) is 4.90 Å². The number of morpholine rings is 1. The van der Waals surface area contributed by atoms with E-state index in [-0.39, 0.29) is 18.4 Å². The Labute approximate surface area is 222 Å². The largest absolute Gasteiger partial charge is 0.494 e. The van der Waals surface area contributed by atoms with Crippen LogP contribution in [0.5, 0.6) is 11.5 Å². The Bertz CT molecular complexity index is 812. The van der Waals surface area contributed by atoms with Crippen molar-refractivity contribution in [1.29, 1.82) is 0 Å². The number of nitrogens with two attached hydrogens (primary N) is 1. The van der Waals surface area contributed by atoms with Crippen molar-refractivity contribution in [2.45, 2.75) is 46.0 Å². The second kappa shape index (κ2) is 19.7. The van der Waals surface area contributed by atoms with E-state index < -0.39 is 0 Å². The third-order valence-electron chi connectivity index (χ3n) is 5.46. The SMILES string of the molecule is CCCCOC(=O)c1ccc(N)cc1.CCCCOc1ccc(OCCCN2CCOCC2)cc1.Cl. The molecule has 0 spiro atoms. The lowest BCUT2D eigenvalue weighted by atomic mass is 10.2. The van der Waals surface area contributed by atoms with Crippen LogP contribution in [0.15, 0.2) is 48.5 Å². The topological polar surface area (TPSA) is 83.2 Å². The lowest BCUT2D eigenvalue weighted by molar-refractivity contribution is 0.0358. The maximum Gasteiger partial charge on any atom is 0.338 e. The van der Waals surface area contributed by atoms with Gasteiger partial charge >= 0.3 is 5.97 Å². The van der Waals surface area contributed by atoms with Crippen LogP contribution in [0, 0.1) is 0 Å². The number of anilines is 1. The van der Waals surface area contributed by atoms with Gasteiger partial charge in [-0.3, -0.25) is 4.90 Å². The molecule has 0 amide bonds. The number of hydrogen-bond donors (Lipinski definition) is 1. The molecule has 1 aliphatic rings. The maximum absolute atomic E-state index is 11.4. The summed E-state index contributed by atoms with van der Waals surface area (Å²) in [6.07, 6.45) is 5.23. The van der Waals surface area contributed by atoms with Gasteiger partial charge in [0.1, 0.15) is 11.5 Å². The molecule has 2 N–H and O–H groups in total. The Morgan fingerprint density at radius 1 is 0.833 bits per heavy atom. The molecule has 0 aliphatic carbocycles. The summed E-state index contributed by atoms with van der Waals surface area (Å²) in [6.45, 7) is 11.1. The number of carbonyl (C=O) groups excluding carboxylic acids is 1. The predicted molar refractivity (Wildman–Crippen MR) is 148 cm³/mol. The molecule has 1 heterocycles. The Kier molecular flexibility index (Phi) is 17.2. The van der Waals surface area contributed by atoms with Crippen molar-refractivity contribution in [2.75, 3.05) is 58.4 Å². The molecule has 0 saturated carbocycles. The summed E-state index contributed by atoms with van der Waals surface area (Å²) in [5, 5.41) is 0. The van der Waals surface area contributed by atoms with Crippen molar-refractivity contribution >= 4 is 24.1 Å². The second-order valence-electron chi connectivity index (χ2n) is 8.44. The lowest BCUT2D eigenvalue weighted by Crippen LogP contribution is -2.37. The molecule has 1 fully saturated rings. The van der Waals surface area contributed by atoms with E-state index in [9.17, 15) is 4.79 Å². The number of rotatable bonds is 13. The van der Waals surface area contributed by atoms with Gasteiger partial charge in [0.2, 0.25) is 0 Å². The number of nitrogen functional groups attached to an aromatic ring is 1. The van der Waals surface area contributed by atoms with Crippen molar-refractivity contribution in [2.24, 2.45) is 0 Å². The molecule has 2 aromatic carbocycles. The number of nitrogens with zero attached hydrogens (tertiary/aromatic N) is 1. The number of halogens is 1. The fourth-order valence-corrected chi connectivity index (χ4v) is 3.28. The van der Waals surface area contributed by atoms with E-state index in [2.05, 4.69) is 18.7 Å². The molecule has 202 valence electrons. The van der Waals surface area contributed by atoms with E-state index in [1.807, 2.05) is 24.3 Å². The molecule has 2 aromatic rings. The van der Waals surface area contributed by atoms with Crippen LogP contribution in [0.25, 0.3) is 0 Å². The van der Waals surface area contributed by atoms with E-state index in [1.54, 1.807) is 24.3 Å². The van der Waals surface area contributed by atoms with E-state index in [0.717, 1.165) is 89.7 Å². The summed E-state index contributed by atoms with van der Waals surface area (Å²) in [5.74, 6) is 1.56. The minimum Gasteiger partial charge on any atom is -0.494 e. The van der Waals surface area contributed by atoms with Gasteiger partial charge < -0.3 is 24.7 Å². The highest BCUT2D eigenvalue weighted by Crippen LogP contribution is 2.18. The Morgan fingerprint density at radius 3 is 1.92 bits per heavy atom. The van der Waals surface area contributed by atoms with Crippen LogP contribution in [0.3, 0.4) is 0 Å². The van der Waals surface area contributed by atoms with Gasteiger partial charge in [-0.05, 0) is 67.8 Å². The lowest BCUT2D eigenvalue weighted by Gasteiger charge is -2.26. The molecule has 1 saturated heterocycles. The molecule has 0 radical (unpaired) electrons. The number of ether oxygens (including phenoxy) is 4. The van der Waals surface area contributed by atoms with Gasteiger partial charge in [-0.2, -0.15) is 0 Å². The quantitative estimate of drug-likeness (QED) is 0.208. The Hall–Kier alpha value is -2.48. The fraction of sp³-hybridized carbons (Fsp3) is 0.536. The highest BCUT2D eigenvalue weighted by atomic mass is 35.5. The second-order valence-corrected chi connectivity index (χ2v) is 8.44. The molecule has 0 bridgehead atoms. The Balaban J connectivity index is 0.000000379. The summed E-state index contributed by atoms with van der Waals surface area (Å²) in [4.78, 5) is 13.8. The molecule has 0 aromatic heterocycles. The molecule has 7 nitrogen and oxygen atoms in total. The first-order chi connectivity index (χ1) is 17.1. The predicted octanol–water partition coefficient (Wildman–Crippen LogP) is 5.61. The minimum absolute atomic E-state index is 0. The standard InChI is InChI=1S/C17H27NO3.C11H15NO2.ClH/c1-2-3-12-20-16-5-7-17(8-6-16)21-13-4-9-18-10-14-19-15-11-18;1-2-3-8-14-11(13)9-4-6-10(12)7-5-9;/h5-8H,2-4,9-15H2,1H3;4-7H,2-3,8,12H2,1H3;1H. The van der Waals surface area contributed by atoms with E-state index in [0.29, 0.717) is 17.9 Å².